The first-order valence-corrected chi connectivity index (χ1v) is 5.97. The minimum Gasteiger partial charge on any atom is -0.497 e. The standard InChI is InChI=1S/C12H15BrO2/c1-7-4-8-5-9(14-2)6-10(15-3)11(8)12(7)13/h5-7,12H,4H2,1-3H3. The molecule has 1 aliphatic rings. The fraction of sp³-hybridized carbons (Fsp3) is 0.500. The number of rotatable bonds is 2. The highest BCUT2D eigenvalue weighted by Crippen LogP contribution is 2.47. The van der Waals surface area contributed by atoms with E-state index in [0.717, 1.165) is 17.9 Å². The molecule has 0 spiro atoms. The SMILES string of the molecule is COc1cc2c(c(OC)c1)C(Br)C(C)C2. The van der Waals surface area contributed by atoms with Crippen molar-refractivity contribution in [1.82, 2.24) is 0 Å². The van der Waals surface area contributed by atoms with Crippen LogP contribution in [0.15, 0.2) is 12.1 Å². The number of alkyl halides is 1. The second-order valence-corrected chi connectivity index (χ2v) is 4.97. The smallest absolute Gasteiger partial charge is 0.127 e. The van der Waals surface area contributed by atoms with Crippen LogP contribution in [0, 0.1) is 5.92 Å². The van der Waals surface area contributed by atoms with Crippen molar-refractivity contribution in [3.05, 3.63) is 23.3 Å². The van der Waals surface area contributed by atoms with E-state index in [9.17, 15) is 0 Å². The molecule has 3 heteroatoms. The minimum absolute atomic E-state index is 0.397. The van der Waals surface area contributed by atoms with Gasteiger partial charge in [-0.1, -0.05) is 22.9 Å². The molecule has 0 aromatic heterocycles. The molecule has 0 saturated carbocycles. The summed E-state index contributed by atoms with van der Waals surface area (Å²) in [6.07, 6.45) is 1.08. The molecule has 2 rings (SSSR count). The summed E-state index contributed by atoms with van der Waals surface area (Å²) in [6, 6.07) is 4.06. The van der Waals surface area contributed by atoms with E-state index >= 15 is 0 Å². The quantitative estimate of drug-likeness (QED) is 0.768. The molecule has 0 heterocycles. The Labute approximate surface area is 98.7 Å². The van der Waals surface area contributed by atoms with Gasteiger partial charge < -0.3 is 9.47 Å². The first-order chi connectivity index (χ1) is 7.17. The van der Waals surface area contributed by atoms with Crippen molar-refractivity contribution in [2.45, 2.75) is 18.2 Å². The first kappa shape index (κ1) is 10.8. The van der Waals surface area contributed by atoms with Gasteiger partial charge in [0.1, 0.15) is 11.5 Å². The molecule has 2 nitrogen and oxygen atoms in total. The Morgan fingerprint density at radius 2 is 2.00 bits per heavy atom. The van der Waals surface area contributed by atoms with Crippen LogP contribution in [-0.2, 0) is 6.42 Å². The summed E-state index contributed by atoms with van der Waals surface area (Å²) in [5.41, 5.74) is 2.62. The molecule has 15 heavy (non-hydrogen) atoms. The minimum atomic E-state index is 0.397. The van der Waals surface area contributed by atoms with Gasteiger partial charge >= 0.3 is 0 Å². The maximum atomic E-state index is 5.41. The van der Waals surface area contributed by atoms with Crippen LogP contribution >= 0.6 is 15.9 Å². The Hall–Kier alpha value is -0.700. The third-order valence-electron chi connectivity index (χ3n) is 2.97. The average molecular weight is 271 g/mol. The Morgan fingerprint density at radius 3 is 2.60 bits per heavy atom. The summed E-state index contributed by atoms with van der Waals surface area (Å²) < 4.78 is 10.7. The second-order valence-electron chi connectivity index (χ2n) is 3.99. The summed E-state index contributed by atoms with van der Waals surface area (Å²) in [5.74, 6) is 2.41. The van der Waals surface area contributed by atoms with Gasteiger partial charge in [0.2, 0.25) is 0 Å². The first-order valence-electron chi connectivity index (χ1n) is 5.06. The molecule has 82 valence electrons. The van der Waals surface area contributed by atoms with Gasteiger partial charge in [0.15, 0.2) is 0 Å². The van der Waals surface area contributed by atoms with Crippen molar-refractivity contribution in [3.8, 4) is 11.5 Å². The van der Waals surface area contributed by atoms with E-state index in [1.54, 1.807) is 14.2 Å². The number of fused-ring (bicyclic) bond motifs is 1. The van der Waals surface area contributed by atoms with Crippen LogP contribution in [0.2, 0.25) is 0 Å². The predicted octanol–water partition coefficient (Wildman–Crippen LogP) is 3.33. The van der Waals surface area contributed by atoms with Crippen molar-refractivity contribution in [2.24, 2.45) is 5.92 Å². The number of hydrogen-bond acceptors (Lipinski definition) is 2. The van der Waals surface area contributed by atoms with E-state index < -0.39 is 0 Å². The molecule has 0 N–H and O–H groups in total. The molecule has 0 aliphatic heterocycles. The lowest BCUT2D eigenvalue weighted by Gasteiger charge is -2.13. The molecule has 0 amide bonds. The largest absolute Gasteiger partial charge is 0.497 e. The molecule has 0 saturated heterocycles. The van der Waals surface area contributed by atoms with Crippen LogP contribution in [0.4, 0.5) is 0 Å². The second kappa shape index (κ2) is 4.05. The normalized spacial score (nSPS) is 23.7. The summed E-state index contributed by atoms with van der Waals surface area (Å²) in [5, 5.41) is 0. The fourth-order valence-corrected chi connectivity index (χ4v) is 2.87. The Bertz CT molecular complexity index is 376. The zero-order chi connectivity index (χ0) is 11.0. The van der Waals surface area contributed by atoms with Crippen LogP contribution in [0.25, 0.3) is 0 Å². The van der Waals surface area contributed by atoms with Crippen LogP contribution < -0.4 is 9.47 Å². The number of methoxy groups -OCH3 is 2. The Morgan fingerprint density at radius 1 is 1.27 bits per heavy atom. The zero-order valence-corrected chi connectivity index (χ0v) is 10.8. The van der Waals surface area contributed by atoms with E-state index in [1.807, 2.05) is 6.07 Å². The molecule has 0 radical (unpaired) electrons. The van der Waals surface area contributed by atoms with Crippen molar-refractivity contribution in [3.63, 3.8) is 0 Å². The molecule has 1 aromatic rings. The lowest BCUT2D eigenvalue weighted by atomic mass is 10.1. The maximum Gasteiger partial charge on any atom is 0.127 e. The van der Waals surface area contributed by atoms with Gasteiger partial charge in [0.05, 0.1) is 14.2 Å². The summed E-state index contributed by atoms with van der Waals surface area (Å²) in [7, 11) is 3.39. The van der Waals surface area contributed by atoms with Crippen LogP contribution in [0.5, 0.6) is 11.5 Å². The molecule has 1 aliphatic carbocycles. The lowest BCUT2D eigenvalue weighted by molar-refractivity contribution is 0.391. The molecule has 1 aromatic carbocycles. The van der Waals surface area contributed by atoms with E-state index in [2.05, 4.69) is 28.9 Å². The highest BCUT2D eigenvalue weighted by Gasteiger charge is 2.30. The van der Waals surface area contributed by atoms with Gasteiger partial charge in [0.25, 0.3) is 0 Å². The average Bonchev–Trinajstić information content (AvgIpc) is 2.53. The van der Waals surface area contributed by atoms with Gasteiger partial charge in [-0.2, -0.15) is 0 Å². The predicted molar refractivity (Wildman–Crippen MR) is 64.1 cm³/mol. The lowest BCUT2D eigenvalue weighted by Crippen LogP contribution is -1.96. The van der Waals surface area contributed by atoms with E-state index in [1.165, 1.54) is 11.1 Å². The van der Waals surface area contributed by atoms with Gasteiger partial charge in [-0.05, 0) is 24.0 Å². The third-order valence-corrected chi connectivity index (χ3v) is 4.33. The van der Waals surface area contributed by atoms with Crippen molar-refractivity contribution >= 4 is 15.9 Å². The van der Waals surface area contributed by atoms with Gasteiger partial charge in [0, 0.05) is 16.5 Å². The number of hydrogen-bond donors (Lipinski definition) is 0. The fourth-order valence-electron chi connectivity index (χ4n) is 2.16. The third kappa shape index (κ3) is 1.73. The van der Waals surface area contributed by atoms with Crippen LogP contribution in [0.3, 0.4) is 0 Å². The molecule has 2 atom stereocenters. The molecular formula is C12H15BrO2. The molecule has 2 unspecified atom stereocenters. The van der Waals surface area contributed by atoms with Gasteiger partial charge in [-0.3, -0.25) is 0 Å². The van der Waals surface area contributed by atoms with E-state index in [4.69, 9.17) is 9.47 Å². The number of ether oxygens (including phenoxy) is 2. The van der Waals surface area contributed by atoms with Crippen LogP contribution in [-0.4, -0.2) is 14.2 Å². The summed E-state index contributed by atoms with van der Waals surface area (Å²) in [6.45, 7) is 2.24. The van der Waals surface area contributed by atoms with Crippen molar-refractivity contribution < 1.29 is 9.47 Å². The number of benzene rings is 1. The number of halogens is 1. The van der Waals surface area contributed by atoms with Crippen molar-refractivity contribution in [1.29, 1.82) is 0 Å². The monoisotopic (exact) mass is 270 g/mol. The molecule has 0 bridgehead atoms. The maximum absolute atomic E-state index is 5.41. The van der Waals surface area contributed by atoms with Gasteiger partial charge in [-0.25, -0.2) is 0 Å². The van der Waals surface area contributed by atoms with E-state index in [-0.39, 0.29) is 0 Å². The Kier molecular flexibility index (Phi) is 2.91. The molecular weight excluding hydrogens is 256 g/mol. The van der Waals surface area contributed by atoms with E-state index in [0.29, 0.717) is 10.7 Å². The summed E-state index contributed by atoms with van der Waals surface area (Å²) >= 11 is 3.72. The van der Waals surface area contributed by atoms with Crippen molar-refractivity contribution in [2.75, 3.05) is 14.2 Å². The van der Waals surface area contributed by atoms with Crippen LogP contribution in [0.1, 0.15) is 22.9 Å². The molecule has 0 fully saturated rings. The highest BCUT2D eigenvalue weighted by atomic mass is 79.9. The highest BCUT2D eigenvalue weighted by molar-refractivity contribution is 9.09. The summed E-state index contributed by atoms with van der Waals surface area (Å²) in [4.78, 5) is 0.397. The Balaban J connectivity index is 2.53. The topological polar surface area (TPSA) is 18.5 Å². The van der Waals surface area contributed by atoms with Gasteiger partial charge in [-0.15, -0.1) is 0 Å². The zero-order valence-electron chi connectivity index (χ0n) is 9.21.